The first-order valence-electron chi connectivity index (χ1n) is 11.2. The molecule has 1 saturated heterocycles. The van der Waals surface area contributed by atoms with E-state index in [2.05, 4.69) is 4.90 Å². The van der Waals surface area contributed by atoms with Gasteiger partial charge in [-0.1, -0.05) is 0 Å². The third-order valence-electron chi connectivity index (χ3n) is 5.80. The van der Waals surface area contributed by atoms with E-state index in [9.17, 15) is 14.3 Å². The van der Waals surface area contributed by atoms with E-state index in [0.717, 1.165) is 25.1 Å². The van der Waals surface area contributed by atoms with Gasteiger partial charge in [0.05, 0.1) is 31.7 Å². The van der Waals surface area contributed by atoms with Crippen LogP contribution in [0.15, 0.2) is 47.1 Å². The van der Waals surface area contributed by atoms with Gasteiger partial charge in [0.1, 0.15) is 18.2 Å². The summed E-state index contributed by atoms with van der Waals surface area (Å²) >= 11 is 0. The maximum Gasteiger partial charge on any atom is 0.253 e. The number of aliphatic hydroxyl groups excluding tert-OH is 1. The smallest absolute Gasteiger partial charge is 0.253 e. The standard InChI is InChI=1S/C24H31FN2O5/c25-20-7-5-19(6-8-20)24(29)27(12-18-3-4-18)15-23-14-26(9-11-32-23)13-21(28)16-30-17-22-2-1-10-31-22/h1-2,5-8,10,18,21,23,28H,3-4,9,11-17H2/t21-,23+/m1/s1. The maximum atomic E-state index is 13.3. The number of aliphatic hydroxyl groups is 1. The lowest BCUT2D eigenvalue weighted by atomic mass is 10.1. The molecular formula is C24H31FN2O5. The minimum Gasteiger partial charge on any atom is -0.467 e. The van der Waals surface area contributed by atoms with E-state index in [-0.39, 0.29) is 24.4 Å². The first kappa shape index (κ1) is 22.9. The van der Waals surface area contributed by atoms with Gasteiger partial charge in [0.15, 0.2) is 0 Å². The van der Waals surface area contributed by atoms with Crippen molar-refractivity contribution in [3.63, 3.8) is 0 Å². The quantitative estimate of drug-likeness (QED) is 0.572. The fourth-order valence-electron chi connectivity index (χ4n) is 3.97. The molecule has 0 bridgehead atoms. The van der Waals surface area contributed by atoms with Crippen LogP contribution in [-0.4, -0.2) is 79.0 Å². The van der Waals surface area contributed by atoms with Gasteiger partial charge in [-0.3, -0.25) is 9.69 Å². The molecule has 8 heteroatoms. The predicted octanol–water partition coefficient (Wildman–Crippen LogP) is 2.55. The molecule has 2 aliphatic rings. The summed E-state index contributed by atoms with van der Waals surface area (Å²) in [6, 6.07) is 9.33. The van der Waals surface area contributed by atoms with E-state index in [0.29, 0.717) is 50.9 Å². The van der Waals surface area contributed by atoms with Gasteiger partial charge in [0, 0.05) is 38.3 Å². The Morgan fingerprint density at radius 3 is 2.78 bits per heavy atom. The number of furan rings is 1. The molecule has 4 rings (SSSR count). The first-order valence-corrected chi connectivity index (χ1v) is 11.2. The summed E-state index contributed by atoms with van der Waals surface area (Å²) in [4.78, 5) is 17.0. The minimum absolute atomic E-state index is 0.0935. The largest absolute Gasteiger partial charge is 0.467 e. The summed E-state index contributed by atoms with van der Waals surface area (Å²) in [5.74, 6) is 0.815. The number of morpholine rings is 1. The van der Waals surface area contributed by atoms with Crippen molar-refractivity contribution in [2.24, 2.45) is 5.92 Å². The number of rotatable bonds is 11. The molecule has 0 radical (unpaired) electrons. The summed E-state index contributed by atoms with van der Waals surface area (Å²) in [6.07, 6.45) is 3.11. The molecule has 1 aliphatic carbocycles. The highest BCUT2D eigenvalue weighted by molar-refractivity contribution is 5.94. The lowest BCUT2D eigenvalue weighted by Gasteiger charge is -2.36. The zero-order valence-corrected chi connectivity index (χ0v) is 18.2. The number of halogens is 1. The Hall–Kier alpha value is -2.26. The van der Waals surface area contributed by atoms with Crippen LogP contribution in [0.1, 0.15) is 29.0 Å². The second-order valence-electron chi connectivity index (χ2n) is 8.66. The van der Waals surface area contributed by atoms with E-state index in [4.69, 9.17) is 13.9 Å². The molecule has 32 heavy (non-hydrogen) atoms. The van der Waals surface area contributed by atoms with E-state index >= 15 is 0 Å². The number of benzene rings is 1. The van der Waals surface area contributed by atoms with Gasteiger partial charge in [-0.25, -0.2) is 4.39 Å². The summed E-state index contributed by atoms with van der Waals surface area (Å²) < 4.78 is 29.9. The molecule has 7 nitrogen and oxygen atoms in total. The first-order chi connectivity index (χ1) is 15.6. The number of nitrogens with zero attached hydrogens (tertiary/aromatic N) is 2. The van der Waals surface area contributed by atoms with Crippen molar-refractivity contribution in [3.8, 4) is 0 Å². The predicted molar refractivity (Wildman–Crippen MR) is 116 cm³/mol. The Morgan fingerprint density at radius 1 is 1.25 bits per heavy atom. The van der Waals surface area contributed by atoms with Crippen LogP contribution in [0.25, 0.3) is 0 Å². The fraction of sp³-hybridized carbons (Fsp3) is 0.542. The summed E-state index contributed by atoms with van der Waals surface area (Å²) in [6.45, 7) is 4.11. The third kappa shape index (κ3) is 6.87. The monoisotopic (exact) mass is 446 g/mol. The lowest BCUT2D eigenvalue weighted by Crippen LogP contribution is -2.51. The number of ether oxygens (including phenoxy) is 2. The summed E-state index contributed by atoms with van der Waals surface area (Å²) in [5.41, 5.74) is 0.490. The van der Waals surface area contributed by atoms with Crippen LogP contribution < -0.4 is 0 Å². The van der Waals surface area contributed by atoms with Gasteiger partial charge in [0.25, 0.3) is 5.91 Å². The van der Waals surface area contributed by atoms with E-state index < -0.39 is 6.10 Å². The van der Waals surface area contributed by atoms with Gasteiger partial charge < -0.3 is 23.9 Å². The van der Waals surface area contributed by atoms with Crippen molar-refractivity contribution >= 4 is 5.91 Å². The molecule has 1 aromatic heterocycles. The van der Waals surface area contributed by atoms with Crippen molar-refractivity contribution in [3.05, 3.63) is 59.8 Å². The fourth-order valence-corrected chi connectivity index (χ4v) is 3.97. The second kappa shape index (κ2) is 11.0. The highest BCUT2D eigenvalue weighted by atomic mass is 19.1. The highest BCUT2D eigenvalue weighted by Crippen LogP contribution is 2.30. The van der Waals surface area contributed by atoms with E-state index in [1.807, 2.05) is 11.0 Å². The molecule has 2 aromatic rings. The summed E-state index contributed by atoms with van der Waals surface area (Å²) in [5, 5.41) is 10.4. The molecule has 0 unspecified atom stereocenters. The molecule has 2 fully saturated rings. The number of amides is 1. The minimum atomic E-state index is -0.618. The number of hydrogen-bond donors (Lipinski definition) is 1. The van der Waals surface area contributed by atoms with Gasteiger partial charge in [-0.05, 0) is 55.2 Å². The molecule has 1 aliphatic heterocycles. The number of carbonyl (C=O) groups is 1. The Kier molecular flexibility index (Phi) is 7.91. The second-order valence-corrected chi connectivity index (χ2v) is 8.66. The normalized spacial score (nSPS) is 20.2. The molecular weight excluding hydrogens is 415 g/mol. The molecule has 1 aromatic carbocycles. The molecule has 2 atom stereocenters. The van der Waals surface area contributed by atoms with Crippen LogP contribution >= 0.6 is 0 Å². The van der Waals surface area contributed by atoms with E-state index in [1.165, 1.54) is 24.3 Å². The molecule has 1 saturated carbocycles. The topological polar surface area (TPSA) is 75.4 Å². The van der Waals surface area contributed by atoms with Crippen LogP contribution in [0.4, 0.5) is 4.39 Å². The van der Waals surface area contributed by atoms with Crippen LogP contribution in [0.5, 0.6) is 0 Å². The average Bonchev–Trinajstić information content (AvgIpc) is 3.45. The molecule has 1 amide bonds. The SMILES string of the molecule is O=C(c1ccc(F)cc1)N(CC1CC1)C[C@@H]1CN(C[C@@H](O)COCc2ccco2)CCO1. The Bertz CT molecular complexity index is 841. The van der Waals surface area contributed by atoms with Gasteiger partial charge in [0.2, 0.25) is 0 Å². The lowest BCUT2D eigenvalue weighted by molar-refractivity contribution is -0.0605. The Morgan fingerprint density at radius 2 is 2.06 bits per heavy atom. The highest BCUT2D eigenvalue weighted by Gasteiger charge is 2.31. The van der Waals surface area contributed by atoms with Gasteiger partial charge in [-0.15, -0.1) is 0 Å². The number of carbonyl (C=O) groups excluding carboxylic acids is 1. The maximum absolute atomic E-state index is 13.3. The van der Waals surface area contributed by atoms with Crippen molar-refractivity contribution in [1.82, 2.24) is 9.80 Å². The van der Waals surface area contributed by atoms with Crippen LogP contribution in [-0.2, 0) is 16.1 Å². The van der Waals surface area contributed by atoms with Crippen LogP contribution in [0.2, 0.25) is 0 Å². The Balaban J connectivity index is 1.26. The number of β-amino-alcohol motifs (C(OH)–C–C–N with tert-alkyl or cyclic N) is 1. The van der Waals surface area contributed by atoms with Crippen molar-refractivity contribution in [2.45, 2.75) is 31.7 Å². The molecule has 174 valence electrons. The molecule has 2 heterocycles. The van der Waals surface area contributed by atoms with Crippen LogP contribution in [0.3, 0.4) is 0 Å². The van der Waals surface area contributed by atoms with Gasteiger partial charge >= 0.3 is 0 Å². The average molecular weight is 447 g/mol. The number of hydrogen-bond acceptors (Lipinski definition) is 6. The van der Waals surface area contributed by atoms with Crippen LogP contribution in [0, 0.1) is 11.7 Å². The zero-order chi connectivity index (χ0) is 22.3. The summed E-state index contributed by atoms with van der Waals surface area (Å²) in [7, 11) is 0. The van der Waals surface area contributed by atoms with E-state index in [1.54, 1.807) is 12.3 Å². The van der Waals surface area contributed by atoms with Crippen molar-refractivity contribution in [1.29, 1.82) is 0 Å². The molecule has 1 N–H and O–H groups in total. The third-order valence-corrected chi connectivity index (χ3v) is 5.80. The van der Waals surface area contributed by atoms with Gasteiger partial charge in [-0.2, -0.15) is 0 Å². The van der Waals surface area contributed by atoms with Crippen molar-refractivity contribution < 1.29 is 28.2 Å². The molecule has 0 spiro atoms. The zero-order valence-electron chi connectivity index (χ0n) is 18.2. The Labute approximate surface area is 187 Å². The van der Waals surface area contributed by atoms with Crippen molar-refractivity contribution in [2.75, 3.05) is 45.9 Å².